The number of nitrogen functional groups attached to an aromatic ring is 1. The smallest absolute Gasteiger partial charge is 0.398 e. The minimum Gasteiger partial charge on any atom is -0.398 e. The highest BCUT2D eigenvalue weighted by Crippen LogP contribution is 2.43. The lowest BCUT2D eigenvalue weighted by molar-refractivity contribution is -0.385. The highest BCUT2D eigenvalue weighted by atomic mass is 35.5. The summed E-state index contributed by atoms with van der Waals surface area (Å²) in [5.41, 5.74) is 9.67. The van der Waals surface area contributed by atoms with Gasteiger partial charge in [-0.25, -0.2) is 9.59 Å². The highest BCUT2D eigenvalue weighted by Gasteiger charge is 2.49. The Bertz CT molecular complexity index is 4870. The number of aromatic amines is 1. The first-order valence-electron chi connectivity index (χ1n) is 33.3. The molecule has 3 atom stereocenters. The van der Waals surface area contributed by atoms with Gasteiger partial charge in [-0.15, -0.1) is 0 Å². The van der Waals surface area contributed by atoms with E-state index >= 15 is 0 Å². The fraction of sp³-hybridized carbons (Fsp3) is 0.320. The van der Waals surface area contributed by atoms with Gasteiger partial charge in [-0.1, -0.05) is 124 Å². The number of amides is 2. The number of nitro groups is 2. The Morgan fingerprint density at radius 1 is 0.491 bits per heavy atom. The third-order valence-electron chi connectivity index (χ3n) is 16.0. The van der Waals surface area contributed by atoms with Gasteiger partial charge in [0.2, 0.25) is 28.1 Å². The molecule has 0 saturated heterocycles. The van der Waals surface area contributed by atoms with Crippen LogP contribution in [0.25, 0.3) is 11.3 Å². The van der Waals surface area contributed by atoms with Gasteiger partial charge in [-0.2, -0.15) is 18.3 Å². The number of hydrazine groups is 1. The van der Waals surface area contributed by atoms with Crippen LogP contribution in [-0.4, -0.2) is 130 Å². The average Bonchev–Trinajstić information content (AvgIpc) is 1.56. The van der Waals surface area contributed by atoms with Crippen LogP contribution in [-0.2, 0) is 47.9 Å². The maximum atomic E-state index is 12.7. The molecule has 112 heavy (non-hydrogen) atoms. The van der Waals surface area contributed by atoms with Crippen molar-refractivity contribution in [2.75, 3.05) is 16.4 Å². The number of benzene rings is 5. The van der Waals surface area contributed by atoms with Crippen molar-refractivity contribution in [3.8, 4) is 11.3 Å². The number of fused-ring (bicyclic) bond motifs is 7. The van der Waals surface area contributed by atoms with Crippen LogP contribution in [0, 0.1) is 61.7 Å². The third-order valence-corrected chi connectivity index (χ3v) is 16.0. The number of nitrogens with zero attached hydrogens (tertiary/aromatic N) is 3. The first-order valence-corrected chi connectivity index (χ1v) is 34.0. The molecule has 11 rings (SSSR count). The fourth-order valence-electron chi connectivity index (χ4n) is 10.9. The molecule has 4 aliphatic carbocycles. The zero-order chi connectivity index (χ0) is 85.9. The Balaban J connectivity index is 0.000000342. The number of aromatic nitrogens is 2. The molecule has 0 fully saturated rings. The maximum absolute atomic E-state index is 12.7. The maximum Gasteiger partial charge on any atom is 0.450 e. The number of alkyl halides is 3. The van der Waals surface area contributed by atoms with Gasteiger partial charge in [-0.05, 0) is 53.4 Å². The lowest BCUT2D eigenvalue weighted by atomic mass is 9.91. The van der Waals surface area contributed by atoms with E-state index in [9.17, 15) is 120 Å². The molecular weight excluding hydrogens is 1520 g/mol. The minimum atomic E-state index is -4.88. The fourth-order valence-corrected chi connectivity index (χ4v) is 10.9. The van der Waals surface area contributed by atoms with E-state index in [1.807, 2.05) is 26.0 Å². The van der Waals surface area contributed by atoms with Crippen molar-refractivity contribution in [2.24, 2.45) is 53.1 Å². The molecule has 594 valence electrons. The molecule has 6 aromatic rings. The second-order valence-electron chi connectivity index (χ2n) is 25.8. The number of ether oxygens (including phenoxy) is 1. The highest BCUT2D eigenvalue weighted by molar-refractivity contribution is 6.63. The van der Waals surface area contributed by atoms with E-state index < -0.39 is 133 Å². The number of H-pyrrole nitrogens is 1. The van der Waals surface area contributed by atoms with E-state index in [0.29, 0.717) is 22.5 Å². The van der Waals surface area contributed by atoms with E-state index in [-0.39, 0.29) is 107 Å². The lowest BCUT2D eigenvalue weighted by Gasteiger charge is -2.09. The molecule has 0 bridgehead atoms. The number of carbonyl (C=O) groups excluding carboxylic acids is 18. The van der Waals surface area contributed by atoms with Gasteiger partial charge in [0.05, 0.1) is 55.5 Å². The summed E-state index contributed by atoms with van der Waals surface area (Å²) in [4.78, 5) is 225. The zero-order valence-corrected chi connectivity index (χ0v) is 63.9. The first kappa shape index (κ1) is 93.9. The quantitative estimate of drug-likeness (QED) is 0.0112. The van der Waals surface area contributed by atoms with Gasteiger partial charge in [0.1, 0.15) is 34.8 Å². The van der Waals surface area contributed by atoms with Crippen molar-refractivity contribution in [1.82, 2.24) is 10.2 Å². The van der Waals surface area contributed by atoms with Crippen molar-refractivity contribution in [3.05, 3.63) is 173 Å². The number of nitrogens with one attached hydrogen (secondary N) is 3. The van der Waals surface area contributed by atoms with E-state index in [1.165, 1.54) is 71.9 Å². The number of ketones is 12. The molecule has 5 aromatic carbocycles. The second-order valence-corrected chi connectivity index (χ2v) is 26.9. The van der Waals surface area contributed by atoms with E-state index in [4.69, 9.17) is 5.73 Å². The van der Waals surface area contributed by atoms with Gasteiger partial charge in [0, 0.05) is 97.1 Å². The van der Waals surface area contributed by atoms with Crippen molar-refractivity contribution < 1.29 is 114 Å². The molecular formula is C75H76Cl2F3N9O23. The van der Waals surface area contributed by atoms with Crippen LogP contribution in [0.3, 0.4) is 0 Å². The Kier molecular flexibility index (Phi) is 33.8. The summed E-state index contributed by atoms with van der Waals surface area (Å²) in [6, 6.07) is 22.4. The molecule has 2 heterocycles. The van der Waals surface area contributed by atoms with Gasteiger partial charge < -0.3 is 21.1 Å². The number of anilines is 3. The number of cyclic esters (lactones) is 2. The van der Waals surface area contributed by atoms with Crippen molar-refractivity contribution >= 4 is 155 Å². The molecule has 3 unspecified atom stereocenters. The number of nitro benzene ring substituents is 2. The molecule has 0 saturated carbocycles. The van der Waals surface area contributed by atoms with Crippen LogP contribution in [0.2, 0.25) is 0 Å². The summed E-state index contributed by atoms with van der Waals surface area (Å²) in [6.45, 7) is 22.1. The van der Waals surface area contributed by atoms with Crippen molar-refractivity contribution in [2.45, 2.75) is 115 Å². The number of hydrogen-bond donors (Lipinski definition) is 6. The lowest BCUT2D eigenvalue weighted by Crippen LogP contribution is -2.29. The molecule has 1 aliphatic heterocycles. The standard InChI is InChI=1S/C15H15N3O2.C15H15NO4.C13H11NO5.C13H13NO3.C8H3NO5.C7H9F3O2.2C2H3ClO.H4N2/c1-7(2)13-12-14(18-17-13)9-5-4-6-10(16-8(3)19)11(9)15(12)20;1-7(2)13(18)12-14(19)9-5-4-6-10(16-8(3)17)11(9)15(12)20;1-6(2)11(15)10-12(16)7-4-3-5-8(14(18)19)9(7)13(10)17;1-6(2)11(15)10-12(16)7-4-3-5-8(14)9(7)13(10)17;10-7-4-2-1-3-5(9(12)13)6(4)8(11)14-7;1-4(2)5(11)3-6(12)7(8,9)10;2*1-2(3)4;1-2/h4-7H,1-3H3,(H,16,19)(H,17,18);4-7,12H,1-3H3,(H,16,17);3-6,10H,1-2H3;3-6,10H,14H2,1-2H3;1-3H;4H,3H2,1-2H3;2*1H3;1-2H2. The van der Waals surface area contributed by atoms with E-state index in [2.05, 4.69) is 60.5 Å². The van der Waals surface area contributed by atoms with Gasteiger partial charge >= 0.3 is 18.1 Å². The minimum absolute atomic E-state index is 0.0294. The molecule has 37 heteroatoms. The van der Waals surface area contributed by atoms with Crippen molar-refractivity contribution in [3.63, 3.8) is 0 Å². The van der Waals surface area contributed by atoms with Crippen LogP contribution in [0.5, 0.6) is 0 Å². The molecule has 32 nitrogen and oxygen atoms in total. The van der Waals surface area contributed by atoms with Gasteiger partial charge in [0.15, 0.2) is 63.4 Å². The number of esters is 2. The summed E-state index contributed by atoms with van der Waals surface area (Å²) < 4.78 is 39.0. The molecule has 0 radical (unpaired) electrons. The first-order chi connectivity index (χ1) is 52.0. The number of rotatable bonds is 14. The van der Waals surface area contributed by atoms with Crippen molar-refractivity contribution in [1.29, 1.82) is 0 Å². The molecule has 2 amide bonds. The summed E-state index contributed by atoms with van der Waals surface area (Å²) in [5.74, 6) is -6.98. The Labute approximate surface area is 645 Å². The van der Waals surface area contributed by atoms with E-state index in [0.717, 1.165) is 23.4 Å². The number of nitrogens with two attached hydrogens (primary N) is 3. The summed E-state index contributed by atoms with van der Waals surface area (Å²) in [7, 11) is 0. The Morgan fingerprint density at radius 2 is 0.839 bits per heavy atom. The Morgan fingerprint density at radius 3 is 1.21 bits per heavy atom. The summed E-state index contributed by atoms with van der Waals surface area (Å²) >= 11 is 9.27. The number of Topliss-reactive ketones (excluding diaryl/α,β-unsaturated/α-hetero) is 11. The van der Waals surface area contributed by atoms with Gasteiger partial charge in [-0.3, -0.25) is 114 Å². The SMILES string of the molecule is CC(=O)Cl.CC(=O)Cl.CC(=O)Nc1cccc2c1C(=O)C(C(=O)C(C)C)C2=O.CC(=O)Nc1cccc2c1C(=O)c1c-2n[nH]c1C(C)C.CC(C)C(=O)C1C(=O)c2cccc(N)c2C1=O.CC(C)C(=O)C1C(=O)c2cccc([N+](=O)[O-])c2C1=O.CC(C)C(=O)CC(=O)C(F)(F)F.NN.O=C1OC(=O)c2c1cccc2[N+](=O)[O-]. The molecule has 0 spiro atoms. The van der Waals surface area contributed by atoms with Crippen LogP contribution in [0.1, 0.15) is 214 Å². The number of halogens is 5. The molecule has 1 aromatic heterocycles. The predicted molar refractivity (Wildman–Crippen MR) is 396 cm³/mol. The molecule has 5 aliphatic rings. The summed E-state index contributed by atoms with van der Waals surface area (Å²) in [5, 5.41) is 33.1. The number of carbonyl (C=O) groups is 18. The third kappa shape index (κ3) is 22.7. The predicted octanol–water partition coefficient (Wildman–Crippen LogP) is 10.9. The van der Waals surface area contributed by atoms with E-state index in [1.54, 1.807) is 77.9 Å². The monoisotopic (exact) mass is 1600 g/mol. The van der Waals surface area contributed by atoms with Gasteiger partial charge in [0.25, 0.3) is 11.4 Å². The second kappa shape index (κ2) is 40.4. The zero-order valence-electron chi connectivity index (χ0n) is 62.3. The largest absolute Gasteiger partial charge is 0.450 e. The van der Waals surface area contributed by atoms with Crippen LogP contribution < -0.4 is 28.1 Å². The molecule has 9 N–H and O–H groups in total. The normalized spacial score (nSPS) is 14.7. The topological polar surface area (TPSA) is 534 Å². The van der Waals surface area contributed by atoms with Crippen LogP contribution in [0.4, 0.5) is 41.6 Å². The Hall–Kier alpha value is -12.3. The average molecular weight is 1600 g/mol. The summed E-state index contributed by atoms with van der Waals surface area (Å²) in [6.07, 6.45) is -5.92. The number of hydrogen-bond acceptors (Lipinski definition) is 27. The van der Waals surface area contributed by atoms with Crippen LogP contribution >= 0.6 is 23.2 Å². The van der Waals surface area contributed by atoms with Crippen LogP contribution in [0.15, 0.2) is 91.0 Å².